The van der Waals surface area contributed by atoms with Gasteiger partial charge >= 0.3 is 0 Å². The topological polar surface area (TPSA) is 35.0 Å². The van der Waals surface area contributed by atoms with Gasteiger partial charge in [0.2, 0.25) is 5.88 Å². The van der Waals surface area contributed by atoms with E-state index in [1.165, 1.54) is 0 Å². The van der Waals surface area contributed by atoms with E-state index in [1.807, 2.05) is 61.5 Å². The molecule has 104 valence electrons. The van der Waals surface area contributed by atoms with Crippen LogP contribution in [0, 0.1) is 6.92 Å². The molecule has 21 heavy (non-hydrogen) atoms. The van der Waals surface area contributed by atoms with Gasteiger partial charge in [0.05, 0.1) is 0 Å². The summed E-state index contributed by atoms with van der Waals surface area (Å²) in [7, 11) is 0. The Morgan fingerprint density at radius 3 is 2.38 bits per heavy atom. The lowest BCUT2D eigenvalue weighted by molar-refractivity contribution is 0.459. The lowest BCUT2D eigenvalue weighted by Gasteiger charge is -2.09. The van der Waals surface area contributed by atoms with Gasteiger partial charge in [-0.1, -0.05) is 60.1 Å². The van der Waals surface area contributed by atoms with E-state index in [0.29, 0.717) is 16.9 Å². The van der Waals surface area contributed by atoms with Gasteiger partial charge in [-0.25, -0.2) is 4.98 Å². The zero-order chi connectivity index (χ0) is 14.7. The highest BCUT2D eigenvalue weighted by atomic mass is 35.5. The number of aromatic nitrogens is 2. The van der Waals surface area contributed by atoms with Crippen LogP contribution in [0.5, 0.6) is 11.6 Å². The van der Waals surface area contributed by atoms with E-state index in [-0.39, 0.29) is 0 Å². The van der Waals surface area contributed by atoms with Gasteiger partial charge in [0, 0.05) is 11.6 Å². The number of rotatable bonds is 3. The number of aryl methyl sites for hydroxylation is 1. The molecule has 0 spiro atoms. The fourth-order valence-electron chi connectivity index (χ4n) is 1.95. The van der Waals surface area contributed by atoms with Crippen LogP contribution in [-0.2, 0) is 0 Å². The van der Waals surface area contributed by atoms with Crippen LogP contribution in [0.1, 0.15) is 5.56 Å². The highest BCUT2D eigenvalue weighted by Crippen LogP contribution is 2.27. The molecular formula is C17H13ClN2O. The van der Waals surface area contributed by atoms with Gasteiger partial charge < -0.3 is 4.74 Å². The van der Waals surface area contributed by atoms with E-state index >= 15 is 0 Å². The molecule has 0 bridgehead atoms. The monoisotopic (exact) mass is 296 g/mol. The molecule has 3 nitrogen and oxygen atoms in total. The number of hydrogen-bond acceptors (Lipinski definition) is 3. The second kappa shape index (κ2) is 5.94. The Morgan fingerprint density at radius 2 is 1.62 bits per heavy atom. The summed E-state index contributed by atoms with van der Waals surface area (Å²) in [4.78, 5) is 8.66. The third kappa shape index (κ3) is 3.20. The van der Waals surface area contributed by atoms with Crippen molar-refractivity contribution in [3.8, 4) is 23.0 Å². The molecule has 0 saturated carbocycles. The molecule has 0 aliphatic rings. The summed E-state index contributed by atoms with van der Waals surface area (Å²) in [6.07, 6.45) is 0. The van der Waals surface area contributed by atoms with Gasteiger partial charge in [-0.05, 0) is 18.6 Å². The molecule has 2 aromatic carbocycles. The lowest BCUT2D eigenvalue weighted by Crippen LogP contribution is -1.95. The molecule has 4 heteroatoms. The standard InChI is InChI=1S/C17H13ClN2O/c1-12-7-5-6-10-14(12)21-16-11-15(18)19-17(20-16)13-8-3-2-4-9-13/h2-11H,1H3. The summed E-state index contributed by atoms with van der Waals surface area (Å²) in [5.41, 5.74) is 1.93. The van der Waals surface area contributed by atoms with Crippen molar-refractivity contribution in [2.75, 3.05) is 0 Å². The van der Waals surface area contributed by atoms with Crippen molar-refractivity contribution in [1.82, 2.24) is 9.97 Å². The molecule has 0 aliphatic heterocycles. The van der Waals surface area contributed by atoms with Gasteiger partial charge in [-0.2, -0.15) is 4.98 Å². The van der Waals surface area contributed by atoms with Gasteiger partial charge in [0.25, 0.3) is 0 Å². The zero-order valence-corrected chi connectivity index (χ0v) is 12.2. The van der Waals surface area contributed by atoms with E-state index < -0.39 is 0 Å². The zero-order valence-electron chi connectivity index (χ0n) is 11.5. The first kappa shape index (κ1) is 13.6. The predicted molar refractivity (Wildman–Crippen MR) is 83.7 cm³/mol. The molecule has 3 rings (SSSR count). The quantitative estimate of drug-likeness (QED) is 0.645. The first-order valence-corrected chi connectivity index (χ1v) is 6.94. The number of para-hydroxylation sites is 1. The van der Waals surface area contributed by atoms with Gasteiger partial charge in [0.1, 0.15) is 10.9 Å². The number of benzene rings is 2. The SMILES string of the molecule is Cc1ccccc1Oc1cc(Cl)nc(-c2ccccc2)n1. The summed E-state index contributed by atoms with van der Waals surface area (Å²) >= 11 is 6.07. The molecule has 0 aliphatic carbocycles. The summed E-state index contributed by atoms with van der Waals surface area (Å²) in [6, 6.07) is 19.0. The van der Waals surface area contributed by atoms with Crippen LogP contribution in [0.25, 0.3) is 11.4 Å². The maximum atomic E-state index is 6.07. The average molecular weight is 297 g/mol. The fourth-order valence-corrected chi connectivity index (χ4v) is 2.12. The van der Waals surface area contributed by atoms with Gasteiger partial charge in [-0.3, -0.25) is 0 Å². The molecular weight excluding hydrogens is 284 g/mol. The Bertz CT molecular complexity index is 760. The van der Waals surface area contributed by atoms with Crippen molar-refractivity contribution in [2.45, 2.75) is 6.92 Å². The summed E-state index contributed by atoms with van der Waals surface area (Å²) in [5, 5.41) is 0.354. The predicted octanol–water partition coefficient (Wildman–Crippen LogP) is 4.90. The van der Waals surface area contributed by atoms with Crippen molar-refractivity contribution < 1.29 is 4.74 Å². The van der Waals surface area contributed by atoms with Crippen molar-refractivity contribution >= 4 is 11.6 Å². The molecule has 0 N–H and O–H groups in total. The van der Waals surface area contributed by atoms with Gasteiger partial charge in [-0.15, -0.1) is 0 Å². The number of halogens is 1. The van der Waals surface area contributed by atoms with E-state index in [0.717, 1.165) is 16.9 Å². The Labute approximate surface area is 128 Å². The summed E-state index contributed by atoms with van der Waals surface area (Å²) in [5.74, 6) is 1.74. The van der Waals surface area contributed by atoms with Gasteiger partial charge in [0.15, 0.2) is 5.82 Å². The minimum absolute atomic E-state index is 0.354. The first-order valence-electron chi connectivity index (χ1n) is 6.56. The van der Waals surface area contributed by atoms with Crippen LogP contribution in [0.3, 0.4) is 0 Å². The second-order valence-electron chi connectivity index (χ2n) is 4.59. The number of nitrogens with zero attached hydrogens (tertiary/aromatic N) is 2. The third-order valence-electron chi connectivity index (χ3n) is 3.01. The van der Waals surface area contributed by atoms with Crippen molar-refractivity contribution in [3.63, 3.8) is 0 Å². The van der Waals surface area contributed by atoms with E-state index in [2.05, 4.69) is 9.97 Å². The molecule has 0 atom stereocenters. The lowest BCUT2D eigenvalue weighted by atomic mass is 10.2. The van der Waals surface area contributed by atoms with Crippen molar-refractivity contribution in [3.05, 3.63) is 71.4 Å². The van der Waals surface area contributed by atoms with Crippen LogP contribution >= 0.6 is 11.6 Å². The Balaban J connectivity index is 1.97. The van der Waals surface area contributed by atoms with Crippen LogP contribution < -0.4 is 4.74 Å². The Hall–Kier alpha value is -2.39. The maximum Gasteiger partial charge on any atom is 0.224 e. The number of hydrogen-bond donors (Lipinski definition) is 0. The minimum Gasteiger partial charge on any atom is -0.439 e. The molecule has 3 aromatic rings. The Kier molecular flexibility index (Phi) is 3.84. The molecule has 0 amide bonds. The molecule has 0 radical (unpaired) electrons. The molecule has 0 unspecified atom stereocenters. The number of ether oxygens (including phenoxy) is 1. The van der Waals surface area contributed by atoms with E-state index in [9.17, 15) is 0 Å². The van der Waals surface area contributed by atoms with Crippen LogP contribution in [0.15, 0.2) is 60.7 Å². The minimum atomic E-state index is 0.354. The third-order valence-corrected chi connectivity index (χ3v) is 3.21. The summed E-state index contributed by atoms with van der Waals surface area (Å²) < 4.78 is 5.82. The van der Waals surface area contributed by atoms with Crippen molar-refractivity contribution in [1.29, 1.82) is 0 Å². The van der Waals surface area contributed by atoms with Crippen LogP contribution in [0.4, 0.5) is 0 Å². The highest BCUT2D eigenvalue weighted by molar-refractivity contribution is 6.29. The molecule has 1 heterocycles. The second-order valence-corrected chi connectivity index (χ2v) is 4.97. The highest BCUT2D eigenvalue weighted by Gasteiger charge is 2.08. The maximum absolute atomic E-state index is 6.07. The molecule has 1 aromatic heterocycles. The average Bonchev–Trinajstić information content (AvgIpc) is 2.50. The van der Waals surface area contributed by atoms with Crippen LogP contribution in [-0.4, -0.2) is 9.97 Å². The molecule has 0 fully saturated rings. The Morgan fingerprint density at radius 1 is 0.905 bits per heavy atom. The smallest absolute Gasteiger partial charge is 0.224 e. The van der Waals surface area contributed by atoms with Crippen molar-refractivity contribution in [2.24, 2.45) is 0 Å². The first-order chi connectivity index (χ1) is 10.2. The summed E-state index contributed by atoms with van der Waals surface area (Å²) in [6.45, 7) is 1.98. The van der Waals surface area contributed by atoms with E-state index in [4.69, 9.17) is 16.3 Å². The normalized spacial score (nSPS) is 10.4. The largest absolute Gasteiger partial charge is 0.439 e. The van der Waals surface area contributed by atoms with E-state index in [1.54, 1.807) is 6.07 Å². The molecule has 0 saturated heterocycles. The van der Waals surface area contributed by atoms with Crippen LogP contribution in [0.2, 0.25) is 5.15 Å². The fraction of sp³-hybridized carbons (Fsp3) is 0.0588.